The molecule has 1 rings (SSSR count). The Balaban J connectivity index is 2.74. The Morgan fingerprint density at radius 2 is 1.67 bits per heavy atom. The summed E-state index contributed by atoms with van der Waals surface area (Å²) in [4.78, 5) is 35.2. The molecule has 1 aromatic rings. The number of amides is 2. The van der Waals surface area contributed by atoms with Crippen molar-refractivity contribution in [2.75, 3.05) is 19.8 Å². The largest absolute Gasteiger partial charge is 0.449 e. The van der Waals surface area contributed by atoms with Crippen molar-refractivity contribution in [3.63, 3.8) is 0 Å². The molecule has 1 aromatic carbocycles. The van der Waals surface area contributed by atoms with E-state index >= 15 is 0 Å². The number of rotatable bonds is 5. The van der Waals surface area contributed by atoms with Crippen LogP contribution in [0.15, 0.2) is 30.3 Å². The van der Waals surface area contributed by atoms with Gasteiger partial charge >= 0.3 is 12.2 Å². The number of nitrogens with zero attached hydrogens (tertiary/aromatic N) is 1. The molecule has 0 unspecified atom stereocenters. The Kier molecular flexibility index (Phi) is 6.73. The van der Waals surface area contributed by atoms with Crippen molar-refractivity contribution in [3.05, 3.63) is 35.9 Å². The zero-order valence-electron chi connectivity index (χ0n) is 12.0. The van der Waals surface area contributed by atoms with Gasteiger partial charge in [0.1, 0.15) is 6.54 Å². The molecule has 0 atom stereocenters. The maximum atomic E-state index is 12.1. The molecular formula is C14H18N2O5. The van der Waals surface area contributed by atoms with E-state index in [0.717, 1.165) is 5.01 Å². The highest BCUT2D eigenvalue weighted by Gasteiger charge is 2.21. The Bertz CT molecular complexity index is 489. The van der Waals surface area contributed by atoms with Gasteiger partial charge in [0, 0.05) is 5.56 Å². The van der Waals surface area contributed by atoms with Crippen LogP contribution in [0.3, 0.4) is 0 Å². The molecule has 0 aliphatic rings. The average Bonchev–Trinajstić information content (AvgIpc) is 2.48. The number of hydrogen-bond donors (Lipinski definition) is 1. The minimum atomic E-state index is -0.827. The van der Waals surface area contributed by atoms with Crippen LogP contribution in [0.2, 0.25) is 0 Å². The fourth-order valence-electron chi connectivity index (χ4n) is 1.48. The second-order valence-electron chi connectivity index (χ2n) is 3.91. The van der Waals surface area contributed by atoms with Gasteiger partial charge in [0.25, 0.3) is 0 Å². The molecule has 0 heterocycles. The smallest absolute Gasteiger partial charge is 0.429 e. The molecule has 7 heteroatoms. The fourth-order valence-corrected chi connectivity index (χ4v) is 1.48. The number of nitrogens with one attached hydrogen (secondary N) is 1. The van der Waals surface area contributed by atoms with E-state index < -0.39 is 12.2 Å². The highest BCUT2D eigenvalue weighted by Crippen LogP contribution is 2.02. The van der Waals surface area contributed by atoms with Gasteiger partial charge in [-0.3, -0.25) is 4.79 Å². The summed E-state index contributed by atoms with van der Waals surface area (Å²) in [6, 6.07) is 8.43. The molecule has 0 saturated carbocycles. The summed E-state index contributed by atoms with van der Waals surface area (Å²) in [5, 5.41) is 0.789. The van der Waals surface area contributed by atoms with Crippen LogP contribution >= 0.6 is 0 Å². The number of Topliss-reactive ketones (excluding diaryl/α,β-unsaturated/α-hetero) is 1. The normalized spacial score (nSPS) is 9.62. The van der Waals surface area contributed by atoms with E-state index in [9.17, 15) is 14.4 Å². The van der Waals surface area contributed by atoms with Crippen molar-refractivity contribution in [3.8, 4) is 0 Å². The van der Waals surface area contributed by atoms with E-state index in [1.807, 2.05) is 0 Å². The predicted octanol–water partition coefficient (Wildman–Crippen LogP) is 1.99. The van der Waals surface area contributed by atoms with Crippen LogP contribution in [0.4, 0.5) is 9.59 Å². The van der Waals surface area contributed by atoms with Crippen LogP contribution in [0.5, 0.6) is 0 Å². The molecule has 114 valence electrons. The molecule has 7 nitrogen and oxygen atoms in total. The van der Waals surface area contributed by atoms with E-state index in [1.54, 1.807) is 44.2 Å². The van der Waals surface area contributed by atoms with Crippen molar-refractivity contribution in [2.24, 2.45) is 0 Å². The lowest BCUT2D eigenvalue weighted by atomic mass is 10.1. The quantitative estimate of drug-likeness (QED) is 0.663. The van der Waals surface area contributed by atoms with E-state index in [4.69, 9.17) is 4.74 Å². The van der Waals surface area contributed by atoms with Crippen LogP contribution in [0, 0.1) is 0 Å². The minimum Gasteiger partial charge on any atom is -0.449 e. The highest BCUT2D eigenvalue weighted by atomic mass is 16.6. The lowest BCUT2D eigenvalue weighted by Gasteiger charge is -2.21. The predicted molar refractivity (Wildman–Crippen MR) is 74.7 cm³/mol. The van der Waals surface area contributed by atoms with Gasteiger partial charge in [0.15, 0.2) is 5.78 Å². The molecule has 0 aliphatic heterocycles. The Morgan fingerprint density at radius 1 is 1.05 bits per heavy atom. The van der Waals surface area contributed by atoms with Crippen molar-refractivity contribution < 1.29 is 23.9 Å². The van der Waals surface area contributed by atoms with E-state index in [1.165, 1.54) is 0 Å². The third kappa shape index (κ3) is 5.52. The second kappa shape index (κ2) is 8.57. The zero-order valence-corrected chi connectivity index (χ0v) is 12.0. The summed E-state index contributed by atoms with van der Waals surface area (Å²) in [5.41, 5.74) is 2.61. The molecule has 0 saturated heterocycles. The third-order valence-corrected chi connectivity index (χ3v) is 2.39. The molecule has 0 bridgehead atoms. The monoisotopic (exact) mass is 294 g/mol. The van der Waals surface area contributed by atoms with Gasteiger partial charge in [-0.2, -0.15) is 0 Å². The average molecular weight is 294 g/mol. The molecule has 0 spiro atoms. The van der Waals surface area contributed by atoms with Gasteiger partial charge in [0.05, 0.1) is 13.2 Å². The summed E-state index contributed by atoms with van der Waals surface area (Å²) in [7, 11) is 0. The first-order valence-corrected chi connectivity index (χ1v) is 6.54. The first-order chi connectivity index (χ1) is 10.1. The first kappa shape index (κ1) is 16.5. The van der Waals surface area contributed by atoms with Crippen LogP contribution in [0.1, 0.15) is 24.2 Å². The number of carbonyl (C=O) groups excluding carboxylic acids is 3. The topological polar surface area (TPSA) is 84.9 Å². The summed E-state index contributed by atoms with van der Waals surface area (Å²) in [5.74, 6) is -0.333. The van der Waals surface area contributed by atoms with E-state index in [0.29, 0.717) is 5.56 Å². The van der Waals surface area contributed by atoms with Crippen molar-refractivity contribution in [1.29, 1.82) is 0 Å². The fraction of sp³-hybridized carbons (Fsp3) is 0.357. The van der Waals surface area contributed by atoms with Crippen molar-refractivity contribution >= 4 is 18.0 Å². The molecular weight excluding hydrogens is 276 g/mol. The van der Waals surface area contributed by atoms with Gasteiger partial charge in [-0.1, -0.05) is 30.3 Å². The Hall–Kier alpha value is -2.57. The number of hydrogen-bond acceptors (Lipinski definition) is 5. The standard InChI is InChI=1S/C14H18N2O5/c1-3-20-13(18)15-16(14(19)21-4-2)10-12(17)11-8-6-5-7-9-11/h5-9H,3-4,10H2,1-2H3,(H,15,18). The molecule has 2 amide bonds. The van der Waals surface area contributed by atoms with Crippen molar-refractivity contribution in [2.45, 2.75) is 13.8 Å². The minimum absolute atomic E-state index is 0.124. The summed E-state index contributed by atoms with van der Waals surface area (Å²) in [6.07, 6.45) is -1.65. The number of hydrazine groups is 1. The van der Waals surface area contributed by atoms with Crippen LogP contribution in [-0.2, 0) is 9.47 Å². The molecule has 0 fully saturated rings. The van der Waals surface area contributed by atoms with Gasteiger partial charge in [-0.05, 0) is 13.8 Å². The molecule has 21 heavy (non-hydrogen) atoms. The summed E-state index contributed by atoms with van der Waals surface area (Å²) < 4.78 is 9.46. The van der Waals surface area contributed by atoms with Gasteiger partial charge in [0.2, 0.25) is 0 Å². The van der Waals surface area contributed by atoms with Gasteiger partial charge in [-0.25, -0.2) is 20.0 Å². The lowest BCUT2D eigenvalue weighted by Crippen LogP contribution is -2.49. The van der Waals surface area contributed by atoms with Crippen LogP contribution in [0.25, 0.3) is 0 Å². The number of carbonyl (C=O) groups is 3. The van der Waals surface area contributed by atoms with Crippen molar-refractivity contribution in [1.82, 2.24) is 10.4 Å². The zero-order chi connectivity index (χ0) is 15.7. The lowest BCUT2D eigenvalue weighted by molar-refractivity contribution is 0.0666. The molecule has 0 aromatic heterocycles. The highest BCUT2D eigenvalue weighted by molar-refractivity contribution is 5.99. The summed E-state index contributed by atoms with van der Waals surface area (Å²) in [6.45, 7) is 3.18. The van der Waals surface area contributed by atoms with Crippen LogP contribution < -0.4 is 5.43 Å². The van der Waals surface area contributed by atoms with Gasteiger partial charge in [-0.15, -0.1) is 0 Å². The maximum absolute atomic E-state index is 12.1. The van der Waals surface area contributed by atoms with E-state index in [2.05, 4.69) is 10.2 Å². The number of benzene rings is 1. The molecule has 0 aliphatic carbocycles. The van der Waals surface area contributed by atoms with Gasteiger partial charge < -0.3 is 9.47 Å². The Labute approximate surface area is 122 Å². The molecule has 1 N–H and O–H groups in total. The first-order valence-electron chi connectivity index (χ1n) is 6.54. The van der Waals surface area contributed by atoms with Crippen LogP contribution in [-0.4, -0.2) is 42.7 Å². The maximum Gasteiger partial charge on any atom is 0.429 e. The second-order valence-corrected chi connectivity index (χ2v) is 3.91. The number of ether oxygens (including phenoxy) is 2. The Morgan fingerprint density at radius 3 is 2.24 bits per heavy atom. The van der Waals surface area contributed by atoms with E-state index in [-0.39, 0.29) is 25.5 Å². The third-order valence-electron chi connectivity index (χ3n) is 2.39. The summed E-state index contributed by atoms with van der Waals surface area (Å²) >= 11 is 0. The molecule has 0 radical (unpaired) electrons. The SMILES string of the molecule is CCOC(=O)NN(CC(=O)c1ccccc1)C(=O)OCC. The number of ketones is 1.